The highest BCUT2D eigenvalue weighted by molar-refractivity contribution is 7.19. The van der Waals surface area contributed by atoms with Gasteiger partial charge in [0, 0.05) is 24.3 Å². The van der Waals surface area contributed by atoms with E-state index < -0.39 is 0 Å². The molecule has 0 aliphatic rings. The van der Waals surface area contributed by atoms with E-state index in [9.17, 15) is 9.59 Å². The van der Waals surface area contributed by atoms with Crippen LogP contribution in [0.5, 0.6) is 0 Å². The van der Waals surface area contributed by atoms with Crippen LogP contribution in [0.15, 0.2) is 24.3 Å². The lowest BCUT2D eigenvalue weighted by Gasteiger charge is -2.17. The van der Waals surface area contributed by atoms with Crippen molar-refractivity contribution in [1.82, 2.24) is 14.3 Å². The van der Waals surface area contributed by atoms with Crippen molar-refractivity contribution in [2.24, 2.45) is 0 Å². The molecule has 3 rings (SSSR count). The summed E-state index contributed by atoms with van der Waals surface area (Å²) >= 11 is 1.35. The number of thiazole rings is 1. The first-order valence-electron chi connectivity index (χ1n) is 8.91. The number of nitrogens with zero attached hydrogens (tertiary/aromatic N) is 3. The average molecular weight is 369 g/mol. The monoisotopic (exact) mass is 369 g/mol. The smallest absolute Gasteiger partial charge is 0.265 e. The molecular weight excluding hydrogens is 346 g/mol. The second-order valence-electron chi connectivity index (χ2n) is 6.13. The van der Waals surface area contributed by atoms with Crippen molar-refractivity contribution >= 4 is 28.5 Å². The maximum Gasteiger partial charge on any atom is 0.265 e. The average Bonchev–Trinajstić information content (AvgIpc) is 3.19. The first-order chi connectivity index (χ1) is 12.5. The number of amides is 1. The van der Waals surface area contributed by atoms with Gasteiger partial charge in [-0.15, -0.1) is 0 Å². The minimum Gasteiger partial charge on any atom is -0.338 e. The maximum atomic E-state index is 12.7. The Bertz CT molecular complexity index is 950. The molecule has 0 spiro atoms. The Hall–Kier alpha value is -2.47. The summed E-state index contributed by atoms with van der Waals surface area (Å²) in [5.74, 6) is -0.00584. The highest BCUT2D eigenvalue weighted by Gasteiger charge is 2.24. The van der Waals surface area contributed by atoms with E-state index in [1.165, 1.54) is 16.9 Å². The third-order valence-corrected chi connectivity index (χ3v) is 5.86. The molecule has 0 saturated carbocycles. The third-order valence-electron chi connectivity index (χ3n) is 4.73. The standard InChI is InChI=1S/C20H23N3O2S/c1-5-14-8-10-15(11-9-14)17-16(12-24)23-13(4)18(26-20(23)21-17)19(25)22(6-2)7-3/h8-12H,5-7H2,1-4H3. The van der Waals surface area contributed by atoms with Crippen molar-refractivity contribution in [1.29, 1.82) is 0 Å². The van der Waals surface area contributed by atoms with Crippen molar-refractivity contribution in [3.8, 4) is 11.3 Å². The molecule has 0 aliphatic heterocycles. The van der Waals surface area contributed by atoms with Gasteiger partial charge in [0.1, 0.15) is 16.3 Å². The van der Waals surface area contributed by atoms with Gasteiger partial charge in [0.05, 0.1) is 0 Å². The first-order valence-corrected chi connectivity index (χ1v) is 9.72. The van der Waals surface area contributed by atoms with Crippen LogP contribution in [-0.2, 0) is 6.42 Å². The number of fused-ring (bicyclic) bond motifs is 1. The molecule has 0 atom stereocenters. The fourth-order valence-electron chi connectivity index (χ4n) is 3.14. The fourth-order valence-corrected chi connectivity index (χ4v) is 4.24. The van der Waals surface area contributed by atoms with E-state index in [4.69, 9.17) is 0 Å². The van der Waals surface area contributed by atoms with Crippen LogP contribution in [0.4, 0.5) is 0 Å². The molecule has 1 aromatic carbocycles. The van der Waals surface area contributed by atoms with E-state index in [0.717, 1.165) is 24.0 Å². The second-order valence-corrected chi connectivity index (χ2v) is 7.10. The van der Waals surface area contributed by atoms with Crippen LogP contribution in [0.25, 0.3) is 16.2 Å². The van der Waals surface area contributed by atoms with E-state index >= 15 is 0 Å². The zero-order valence-electron chi connectivity index (χ0n) is 15.6. The molecule has 0 saturated heterocycles. The Labute approximate surface area is 157 Å². The topological polar surface area (TPSA) is 54.7 Å². The van der Waals surface area contributed by atoms with E-state index in [2.05, 4.69) is 24.0 Å². The number of hydrogen-bond donors (Lipinski definition) is 0. The van der Waals surface area contributed by atoms with E-state index in [1.54, 1.807) is 9.30 Å². The summed E-state index contributed by atoms with van der Waals surface area (Å²) in [4.78, 5) is 32.3. The molecule has 2 heterocycles. The number of carbonyl (C=O) groups excluding carboxylic acids is 2. The predicted octanol–water partition coefficient (Wildman–Crippen LogP) is 4.23. The molecule has 0 aliphatic carbocycles. The van der Waals surface area contributed by atoms with Gasteiger partial charge in [0.15, 0.2) is 11.2 Å². The number of carbonyl (C=O) groups is 2. The van der Waals surface area contributed by atoms with Gasteiger partial charge in [-0.1, -0.05) is 42.5 Å². The SMILES string of the molecule is CCc1ccc(-c2nc3sc(C(=O)N(CC)CC)c(C)n3c2C=O)cc1. The molecule has 5 nitrogen and oxygen atoms in total. The van der Waals surface area contributed by atoms with E-state index in [-0.39, 0.29) is 5.91 Å². The highest BCUT2D eigenvalue weighted by Crippen LogP contribution is 2.31. The summed E-state index contributed by atoms with van der Waals surface area (Å²) in [6, 6.07) is 8.10. The highest BCUT2D eigenvalue weighted by atomic mass is 32.1. The van der Waals surface area contributed by atoms with Crippen molar-refractivity contribution < 1.29 is 9.59 Å². The molecule has 3 aromatic rings. The molecule has 0 N–H and O–H groups in total. The number of aldehydes is 1. The number of rotatable bonds is 6. The lowest BCUT2D eigenvalue weighted by Crippen LogP contribution is -2.30. The first kappa shape index (κ1) is 18.3. The summed E-state index contributed by atoms with van der Waals surface area (Å²) in [6.45, 7) is 9.22. The third kappa shape index (κ3) is 2.94. The van der Waals surface area contributed by atoms with E-state index in [1.807, 2.05) is 32.9 Å². The Morgan fingerprint density at radius 1 is 1.19 bits per heavy atom. The van der Waals surface area contributed by atoms with Crippen molar-refractivity contribution in [2.45, 2.75) is 34.1 Å². The molecule has 1 amide bonds. The molecule has 0 bridgehead atoms. The van der Waals surface area contributed by atoms with Crippen LogP contribution in [0.3, 0.4) is 0 Å². The number of hydrogen-bond acceptors (Lipinski definition) is 4. The summed E-state index contributed by atoms with van der Waals surface area (Å²) in [5.41, 5.74) is 4.09. The van der Waals surface area contributed by atoms with Gasteiger partial charge in [-0.25, -0.2) is 4.98 Å². The van der Waals surface area contributed by atoms with Crippen LogP contribution < -0.4 is 0 Å². The number of aromatic nitrogens is 2. The van der Waals surface area contributed by atoms with Crippen LogP contribution in [-0.4, -0.2) is 39.6 Å². The van der Waals surface area contributed by atoms with Gasteiger partial charge in [-0.3, -0.25) is 14.0 Å². The zero-order chi connectivity index (χ0) is 18.8. The fraction of sp³-hybridized carbons (Fsp3) is 0.350. The Morgan fingerprint density at radius 2 is 1.85 bits per heavy atom. The Morgan fingerprint density at radius 3 is 2.38 bits per heavy atom. The number of aryl methyl sites for hydroxylation is 2. The second kappa shape index (κ2) is 7.41. The minimum atomic E-state index is -0.00584. The van der Waals surface area contributed by atoms with Gasteiger partial charge in [0.25, 0.3) is 5.91 Å². The van der Waals surface area contributed by atoms with Gasteiger partial charge in [-0.05, 0) is 32.8 Å². The summed E-state index contributed by atoms with van der Waals surface area (Å²) in [7, 11) is 0. The zero-order valence-corrected chi connectivity index (χ0v) is 16.4. The van der Waals surface area contributed by atoms with Crippen molar-refractivity contribution in [2.75, 3.05) is 13.1 Å². The number of imidazole rings is 1. The molecule has 0 unspecified atom stereocenters. The summed E-state index contributed by atoms with van der Waals surface area (Å²) in [5, 5.41) is 0. The largest absolute Gasteiger partial charge is 0.338 e. The van der Waals surface area contributed by atoms with Crippen molar-refractivity contribution in [3.05, 3.63) is 46.1 Å². The van der Waals surface area contributed by atoms with Crippen LogP contribution in [0.1, 0.15) is 52.2 Å². The van der Waals surface area contributed by atoms with Gasteiger partial charge in [-0.2, -0.15) is 0 Å². The van der Waals surface area contributed by atoms with Crippen LogP contribution in [0.2, 0.25) is 0 Å². The molecule has 136 valence electrons. The molecular formula is C20H23N3O2S. The van der Waals surface area contributed by atoms with Crippen LogP contribution in [0, 0.1) is 6.92 Å². The summed E-state index contributed by atoms with van der Waals surface area (Å²) < 4.78 is 1.80. The van der Waals surface area contributed by atoms with E-state index in [0.29, 0.717) is 34.3 Å². The summed E-state index contributed by atoms with van der Waals surface area (Å²) in [6.07, 6.45) is 1.80. The molecule has 6 heteroatoms. The van der Waals surface area contributed by atoms with Gasteiger partial charge >= 0.3 is 0 Å². The lowest BCUT2D eigenvalue weighted by atomic mass is 10.1. The molecule has 0 fully saturated rings. The lowest BCUT2D eigenvalue weighted by molar-refractivity contribution is 0.0776. The normalized spacial score (nSPS) is 11.1. The molecule has 0 radical (unpaired) electrons. The predicted molar refractivity (Wildman–Crippen MR) is 105 cm³/mol. The van der Waals surface area contributed by atoms with Crippen molar-refractivity contribution in [3.63, 3.8) is 0 Å². The van der Waals surface area contributed by atoms with Gasteiger partial charge < -0.3 is 4.90 Å². The Balaban J connectivity index is 2.12. The van der Waals surface area contributed by atoms with Crippen LogP contribution >= 0.6 is 11.3 Å². The maximum absolute atomic E-state index is 12.7. The quantitative estimate of drug-likeness (QED) is 0.611. The minimum absolute atomic E-state index is 0.00584. The molecule has 2 aromatic heterocycles. The van der Waals surface area contributed by atoms with Gasteiger partial charge in [0.2, 0.25) is 0 Å². The number of benzene rings is 1. The molecule has 26 heavy (non-hydrogen) atoms. The Kier molecular flexibility index (Phi) is 5.23.